The van der Waals surface area contributed by atoms with Crippen LogP contribution in [-0.2, 0) is 0 Å². The van der Waals surface area contributed by atoms with E-state index in [1.165, 1.54) is 25.7 Å². The second-order valence-corrected chi connectivity index (χ2v) is 5.74. The van der Waals surface area contributed by atoms with E-state index < -0.39 is 0 Å². The second-order valence-electron chi connectivity index (χ2n) is 5.74. The third-order valence-electron chi connectivity index (χ3n) is 4.05. The van der Waals surface area contributed by atoms with Crippen LogP contribution in [0.3, 0.4) is 0 Å². The lowest BCUT2D eigenvalue weighted by Gasteiger charge is -2.29. The van der Waals surface area contributed by atoms with Crippen molar-refractivity contribution in [1.29, 1.82) is 0 Å². The molecule has 0 unspecified atom stereocenters. The van der Waals surface area contributed by atoms with Gasteiger partial charge in [0.1, 0.15) is 0 Å². The number of nitrogens with zero attached hydrogens (tertiary/aromatic N) is 2. The summed E-state index contributed by atoms with van der Waals surface area (Å²) in [6.45, 7) is 7.66. The third-order valence-corrected chi connectivity index (χ3v) is 4.05. The lowest BCUT2D eigenvalue weighted by atomic mass is 9.77. The molecule has 18 heavy (non-hydrogen) atoms. The van der Waals surface area contributed by atoms with Crippen molar-refractivity contribution in [3.8, 4) is 0 Å². The van der Waals surface area contributed by atoms with E-state index in [1.807, 2.05) is 0 Å². The van der Waals surface area contributed by atoms with Gasteiger partial charge in [-0.1, -0.05) is 25.9 Å². The lowest BCUT2D eigenvalue weighted by Crippen LogP contribution is -2.18. The van der Waals surface area contributed by atoms with Gasteiger partial charge in [-0.05, 0) is 43.9 Å². The molecule has 4 heteroatoms. The van der Waals surface area contributed by atoms with Crippen molar-refractivity contribution in [2.75, 3.05) is 11.9 Å². The van der Waals surface area contributed by atoms with Gasteiger partial charge in [0, 0.05) is 12.5 Å². The van der Waals surface area contributed by atoms with Crippen molar-refractivity contribution in [2.24, 2.45) is 11.8 Å². The summed E-state index contributed by atoms with van der Waals surface area (Å²) in [5.41, 5.74) is 0. The predicted octanol–water partition coefficient (Wildman–Crippen LogP) is 3.82. The molecule has 1 aliphatic rings. The molecule has 0 saturated heterocycles. The van der Waals surface area contributed by atoms with Crippen molar-refractivity contribution in [2.45, 2.75) is 58.8 Å². The zero-order valence-corrected chi connectivity index (χ0v) is 11.8. The average molecular weight is 251 g/mol. The molecule has 1 fully saturated rings. The molecular formula is C14H25N3O. The Bertz CT molecular complexity index is 354. The number of aromatic nitrogens is 2. The molecule has 0 aliphatic heterocycles. The lowest BCUT2D eigenvalue weighted by molar-refractivity contribution is 0.252. The Kier molecular flexibility index (Phi) is 4.61. The van der Waals surface area contributed by atoms with Crippen LogP contribution in [0.25, 0.3) is 0 Å². The summed E-state index contributed by atoms with van der Waals surface area (Å²) in [6.07, 6.45) is 6.07. The first-order valence-electron chi connectivity index (χ1n) is 7.28. The molecule has 0 aromatic carbocycles. The van der Waals surface area contributed by atoms with Gasteiger partial charge in [0.2, 0.25) is 0 Å². The number of rotatable bonds is 5. The Morgan fingerprint density at radius 2 is 2.00 bits per heavy atom. The Labute approximate surface area is 110 Å². The molecule has 1 saturated carbocycles. The van der Waals surface area contributed by atoms with E-state index >= 15 is 0 Å². The molecule has 2 rings (SSSR count). The normalized spacial score (nSPS) is 24.4. The Hall–Kier alpha value is -1.06. The molecule has 1 N–H and O–H groups in total. The molecule has 0 amide bonds. The first kappa shape index (κ1) is 13.4. The summed E-state index contributed by atoms with van der Waals surface area (Å²) >= 11 is 0. The van der Waals surface area contributed by atoms with E-state index in [-0.39, 0.29) is 0 Å². The van der Waals surface area contributed by atoms with Gasteiger partial charge < -0.3 is 9.84 Å². The van der Waals surface area contributed by atoms with Crippen LogP contribution >= 0.6 is 0 Å². The number of hydrogen-bond acceptors (Lipinski definition) is 4. The summed E-state index contributed by atoms with van der Waals surface area (Å²) in [5.74, 6) is 3.08. The molecule has 1 aromatic heterocycles. The molecule has 1 aliphatic carbocycles. The molecular weight excluding hydrogens is 226 g/mol. The van der Waals surface area contributed by atoms with Crippen LogP contribution < -0.4 is 5.32 Å². The van der Waals surface area contributed by atoms with Crippen LogP contribution in [0.5, 0.6) is 0 Å². The van der Waals surface area contributed by atoms with E-state index in [0.717, 1.165) is 30.6 Å². The molecule has 4 nitrogen and oxygen atoms in total. The summed E-state index contributed by atoms with van der Waals surface area (Å²) in [4.78, 5) is 4.45. The molecule has 0 bridgehead atoms. The van der Waals surface area contributed by atoms with Gasteiger partial charge in [-0.25, -0.2) is 0 Å². The van der Waals surface area contributed by atoms with Crippen LogP contribution in [-0.4, -0.2) is 16.7 Å². The van der Waals surface area contributed by atoms with Gasteiger partial charge >= 0.3 is 6.01 Å². The Morgan fingerprint density at radius 3 is 2.61 bits per heavy atom. The minimum Gasteiger partial charge on any atom is -0.338 e. The van der Waals surface area contributed by atoms with Crippen LogP contribution in [0.4, 0.5) is 6.01 Å². The molecule has 1 heterocycles. The standard InChI is InChI=1S/C14H25N3O/c1-4-9-15-14-16-13(17-18-14)12-7-5-11(6-8-12)10(2)3/h10-12H,4-9H2,1-3H3,(H,15,16,17). The van der Waals surface area contributed by atoms with Crippen molar-refractivity contribution in [1.82, 2.24) is 10.1 Å². The topological polar surface area (TPSA) is 51.0 Å². The van der Waals surface area contributed by atoms with E-state index in [1.54, 1.807) is 0 Å². The molecule has 0 atom stereocenters. The van der Waals surface area contributed by atoms with E-state index in [2.05, 4.69) is 36.2 Å². The molecule has 102 valence electrons. The minimum absolute atomic E-state index is 0.501. The maximum absolute atomic E-state index is 5.22. The van der Waals surface area contributed by atoms with Gasteiger partial charge in [-0.3, -0.25) is 0 Å². The highest BCUT2D eigenvalue weighted by molar-refractivity contribution is 5.19. The minimum atomic E-state index is 0.501. The van der Waals surface area contributed by atoms with E-state index in [0.29, 0.717) is 11.9 Å². The van der Waals surface area contributed by atoms with Gasteiger partial charge in [-0.2, -0.15) is 4.98 Å². The fourth-order valence-electron chi connectivity index (χ4n) is 2.75. The van der Waals surface area contributed by atoms with Crippen molar-refractivity contribution >= 4 is 6.01 Å². The predicted molar refractivity (Wildman–Crippen MR) is 72.6 cm³/mol. The molecule has 1 aromatic rings. The van der Waals surface area contributed by atoms with Crippen molar-refractivity contribution in [3.63, 3.8) is 0 Å². The van der Waals surface area contributed by atoms with E-state index in [4.69, 9.17) is 4.52 Å². The number of hydrogen-bond donors (Lipinski definition) is 1. The Balaban J connectivity index is 1.87. The highest BCUT2D eigenvalue weighted by Gasteiger charge is 2.27. The first-order valence-corrected chi connectivity index (χ1v) is 7.28. The zero-order valence-electron chi connectivity index (χ0n) is 11.8. The smallest absolute Gasteiger partial charge is 0.321 e. The van der Waals surface area contributed by atoms with Gasteiger partial charge in [-0.15, -0.1) is 0 Å². The third kappa shape index (κ3) is 3.24. The van der Waals surface area contributed by atoms with E-state index in [9.17, 15) is 0 Å². The highest BCUT2D eigenvalue weighted by Crippen LogP contribution is 2.37. The average Bonchev–Trinajstić information content (AvgIpc) is 2.85. The van der Waals surface area contributed by atoms with Gasteiger partial charge in [0.25, 0.3) is 0 Å². The second kappa shape index (κ2) is 6.21. The summed E-state index contributed by atoms with van der Waals surface area (Å²) in [7, 11) is 0. The summed E-state index contributed by atoms with van der Waals surface area (Å²) in [6, 6.07) is 0.581. The van der Waals surface area contributed by atoms with Crippen molar-refractivity contribution < 1.29 is 4.52 Å². The SMILES string of the molecule is CCCNc1nc(C2CCC(C(C)C)CC2)no1. The van der Waals surface area contributed by atoms with Crippen LogP contribution in [0, 0.1) is 11.8 Å². The number of anilines is 1. The maximum atomic E-state index is 5.22. The quantitative estimate of drug-likeness (QED) is 0.864. The van der Waals surface area contributed by atoms with Gasteiger partial charge in [0.05, 0.1) is 0 Å². The van der Waals surface area contributed by atoms with Crippen molar-refractivity contribution in [3.05, 3.63) is 5.82 Å². The van der Waals surface area contributed by atoms with Crippen LogP contribution in [0.15, 0.2) is 4.52 Å². The maximum Gasteiger partial charge on any atom is 0.321 e. The highest BCUT2D eigenvalue weighted by atomic mass is 16.5. The van der Waals surface area contributed by atoms with Crippen LogP contribution in [0.2, 0.25) is 0 Å². The molecule has 0 spiro atoms. The fraction of sp³-hybridized carbons (Fsp3) is 0.857. The Morgan fingerprint density at radius 1 is 1.28 bits per heavy atom. The fourth-order valence-corrected chi connectivity index (χ4v) is 2.75. The largest absolute Gasteiger partial charge is 0.338 e. The van der Waals surface area contributed by atoms with Crippen LogP contribution in [0.1, 0.15) is 64.6 Å². The summed E-state index contributed by atoms with van der Waals surface area (Å²) < 4.78 is 5.22. The zero-order chi connectivity index (χ0) is 13.0. The number of nitrogens with one attached hydrogen (secondary N) is 1. The monoisotopic (exact) mass is 251 g/mol. The molecule has 0 radical (unpaired) electrons. The summed E-state index contributed by atoms with van der Waals surface area (Å²) in [5, 5.41) is 7.25. The van der Waals surface area contributed by atoms with Gasteiger partial charge in [0.15, 0.2) is 5.82 Å². The first-order chi connectivity index (χ1) is 8.70.